The van der Waals surface area contributed by atoms with Crippen molar-refractivity contribution in [2.75, 3.05) is 42.3 Å². The third-order valence-electron chi connectivity index (χ3n) is 7.95. The molecule has 0 radical (unpaired) electrons. The zero-order valence-electron chi connectivity index (χ0n) is 25.3. The lowest BCUT2D eigenvalue weighted by Gasteiger charge is -2.37. The standard InChI is InChI=1S/C34H41N5O3S/c1-24-9-11-27(12-10-24)22-39(31(40)23-43-34-35-25(2)21-26(3)36-34)32(28-7-5-4-6-8-28)33(41)37-29-13-15-30(16-14-29)38-17-19-42-20-18-38/h4-5,9-16,21,28,32H,6-8,17-20,22-23H2,1-3H3,(H,37,41). The third kappa shape index (κ3) is 8.45. The van der Waals surface area contributed by atoms with Crippen molar-refractivity contribution in [2.45, 2.75) is 57.8 Å². The van der Waals surface area contributed by atoms with E-state index in [9.17, 15) is 9.59 Å². The van der Waals surface area contributed by atoms with Crippen molar-refractivity contribution in [2.24, 2.45) is 5.92 Å². The molecule has 2 aliphatic rings. The Morgan fingerprint density at radius 1 is 1.00 bits per heavy atom. The lowest BCUT2D eigenvalue weighted by Crippen LogP contribution is -2.51. The fourth-order valence-electron chi connectivity index (χ4n) is 5.71. The number of morpholine rings is 1. The molecule has 1 saturated heterocycles. The van der Waals surface area contributed by atoms with Crippen LogP contribution < -0.4 is 10.2 Å². The Morgan fingerprint density at radius 3 is 2.35 bits per heavy atom. The number of thioether (sulfide) groups is 1. The number of ether oxygens (including phenoxy) is 1. The van der Waals surface area contributed by atoms with Gasteiger partial charge in [0, 0.05) is 42.4 Å². The third-order valence-corrected chi connectivity index (χ3v) is 8.78. The summed E-state index contributed by atoms with van der Waals surface area (Å²) < 4.78 is 5.48. The lowest BCUT2D eigenvalue weighted by molar-refractivity contribution is -0.139. The fraction of sp³-hybridized carbons (Fsp3) is 0.412. The number of rotatable bonds is 10. The number of benzene rings is 2. The van der Waals surface area contributed by atoms with Crippen LogP contribution in [0.15, 0.2) is 71.9 Å². The molecule has 1 aliphatic heterocycles. The Balaban J connectivity index is 1.40. The van der Waals surface area contributed by atoms with E-state index in [0.717, 1.165) is 79.5 Å². The molecule has 1 fully saturated rings. The van der Waals surface area contributed by atoms with Gasteiger partial charge in [0.1, 0.15) is 6.04 Å². The maximum atomic E-state index is 14.2. The first-order chi connectivity index (χ1) is 20.9. The Bertz CT molecular complexity index is 1400. The van der Waals surface area contributed by atoms with Crippen molar-refractivity contribution in [3.05, 3.63) is 89.3 Å². The van der Waals surface area contributed by atoms with E-state index in [0.29, 0.717) is 11.7 Å². The predicted octanol–water partition coefficient (Wildman–Crippen LogP) is 5.72. The van der Waals surface area contributed by atoms with E-state index in [2.05, 4.69) is 32.3 Å². The quantitative estimate of drug-likeness (QED) is 0.181. The van der Waals surface area contributed by atoms with Gasteiger partial charge in [-0.1, -0.05) is 53.7 Å². The van der Waals surface area contributed by atoms with Crippen LogP contribution in [0.1, 0.15) is 41.8 Å². The number of aromatic nitrogens is 2. The highest BCUT2D eigenvalue weighted by Crippen LogP contribution is 2.29. The highest BCUT2D eigenvalue weighted by Gasteiger charge is 2.36. The Morgan fingerprint density at radius 2 is 1.70 bits per heavy atom. The van der Waals surface area contributed by atoms with Crippen molar-refractivity contribution in [1.82, 2.24) is 14.9 Å². The van der Waals surface area contributed by atoms with E-state index in [1.165, 1.54) is 11.8 Å². The van der Waals surface area contributed by atoms with Gasteiger partial charge < -0.3 is 19.9 Å². The molecule has 2 heterocycles. The van der Waals surface area contributed by atoms with Gasteiger partial charge in [-0.25, -0.2) is 9.97 Å². The van der Waals surface area contributed by atoms with Crippen LogP contribution in [0.3, 0.4) is 0 Å². The zero-order chi connectivity index (χ0) is 30.2. The van der Waals surface area contributed by atoms with Crippen molar-refractivity contribution < 1.29 is 14.3 Å². The van der Waals surface area contributed by atoms with Crippen LogP contribution in [0.2, 0.25) is 0 Å². The SMILES string of the molecule is Cc1ccc(CN(C(=O)CSc2nc(C)cc(C)n2)C(C(=O)Nc2ccc(N3CCOCC3)cc2)C2CC=CCC2)cc1. The van der Waals surface area contributed by atoms with Crippen LogP contribution in [-0.2, 0) is 20.9 Å². The van der Waals surface area contributed by atoms with Gasteiger partial charge in [-0.3, -0.25) is 9.59 Å². The van der Waals surface area contributed by atoms with Gasteiger partial charge in [0.25, 0.3) is 0 Å². The van der Waals surface area contributed by atoms with Crippen molar-refractivity contribution in [3.63, 3.8) is 0 Å². The summed E-state index contributed by atoms with van der Waals surface area (Å²) in [5.74, 6) is -0.109. The molecule has 2 atom stereocenters. The smallest absolute Gasteiger partial charge is 0.247 e. The van der Waals surface area contributed by atoms with Crippen LogP contribution in [-0.4, -0.2) is 64.8 Å². The van der Waals surface area contributed by atoms with Crippen molar-refractivity contribution in [1.29, 1.82) is 0 Å². The molecule has 5 rings (SSSR count). The minimum Gasteiger partial charge on any atom is -0.378 e. The predicted molar refractivity (Wildman–Crippen MR) is 172 cm³/mol. The van der Waals surface area contributed by atoms with Crippen LogP contribution in [0, 0.1) is 26.7 Å². The second-order valence-electron chi connectivity index (χ2n) is 11.4. The topological polar surface area (TPSA) is 87.7 Å². The maximum absolute atomic E-state index is 14.2. The number of aryl methyl sites for hydroxylation is 3. The summed E-state index contributed by atoms with van der Waals surface area (Å²) in [5, 5.41) is 3.73. The molecule has 8 nitrogen and oxygen atoms in total. The maximum Gasteiger partial charge on any atom is 0.247 e. The summed E-state index contributed by atoms with van der Waals surface area (Å²) in [7, 11) is 0. The molecule has 1 aliphatic carbocycles. The fourth-order valence-corrected chi connectivity index (χ4v) is 6.54. The molecule has 2 aromatic carbocycles. The van der Waals surface area contributed by atoms with Gasteiger partial charge in [-0.05, 0) is 81.8 Å². The molecule has 226 valence electrons. The Kier molecular flexibility index (Phi) is 10.5. The summed E-state index contributed by atoms with van der Waals surface area (Å²) in [4.78, 5) is 41.3. The Hall–Kier alpha value is -3.69. The minimum atomic E-state index is -0.626. The molecule has 1 N–H and O–H groups in total. The second kappa shape index (κ2) is 14.7. The monoisotopic (exact) mass is 599 g/mol. The van der Waals surface area contributed by atoms with Crippen molar-refractivity contribution in [3.8, 4) is 0 Å². The number of carbonyl (C=O) groups is 2. The second-order valence-corrected chi connectivity index (χ2v) is 12.3. The number of amides is 2. The van der Waals surface area contributed by atoms with Crippen LogP contribution in [0.4, 0.5) is 11.4 Å². The molecule has 0 saturated carbocycles. The van der Waals surface area contributed by atoms with Gasteiger partial charge in [0.2, 0.25) is 11.8 Å². The molecule has 0 spiro atoms. The Labute approximate surface area is 258 Å². The first-order valence-electron chi connectivity index (χ1n) is 15.0. The number of anilines is 2. The largest absolute Gasteiger partial charge is 0.378 e. The molecular weight excluding hydrogens is 558 g/mol. The lowest BCUT2D eigenvalue weighted by atomic mass is 9.86. The van der Waals surface area contributed by atoms with E-state index >= 15 is 0 Å². The molecule has 0 bridgehead atoms. The number of allylic oxidation sites excluding steroid dienone is 2. The van der Waals surface area contributed by atoms with E-state index in [-0.39, 0.29) is 23.5 Å². The number of hydrogen-bond acceptors (Lipinski definition) is 7. The van der Waals surface area contributed by atoms with Gasteiger partial charge in [-0.2, -0.15) is 0 Å². The summed E-state index contributed by atoms with van der Waals surface area (Å²) >= 11 is 1.32. The summed E-state index contributed by atoms with van der Waals surface area (Å²) in [5.41, 5.74) is 5.70. The summed E-state index contributed by atoms with van der Waals surface area (Å²) in [6, 6.07) is 17.4. The van der Waals surface area contributed by atoms with Gasteiger partial charge in [0.05, 0.1) is 19.0 Å². The van der Waals surface area contributed by atoms with Gasteiger partial charge in [-0.15, -0.1) is 0 Å². The number of hydrogen-bond donors (Lipinski definition) is 1. The highest BCUT2D eigenvalue weighted by atomic mass is 32.2. The number of nitrogens with one attached hydrogen (secondary N) is 1. The normalized spacial score (nSPS) is 17.4. The van der Waals surface area contributed by atoms with E-state index in [1.807, 2.05) is 75.4 Å². The average Bonchev–Trinajstić information content (AvgIpc) is 3.01. The molecule has 9 heteroatoms. The van der Waals surface area contributed by atoms with E-state index < -0.39 is 6.04 Å². The van der Waals surface area contributed by atoms with Crippen LogP contribution in [0.25, 0.3) is 0 Å². The molecule has 2 amide bonds. The molecule has 3 aromatic rings. The molecule has 2 unspecified atom stereocenters. The van der Waals surface area contributed by atoms with E-state index in [4.69, 9.17) is 4.74 Å². The number of nitrogens with zero attached hydrogens (tertiary/aromatic N) is 4. The number of carbonyl (C=O) groups excluding carboxylic acids is 2. The molecule has 1 aromatic heterocycles. The van der Waals surface area contributed by atoms with Crippen LogP contribution >= 0.6 is 11.8 Å². The molecule has 43 heavy (non-hydrogen) atoms. The zero-order valence-corrected chi connectivity index (χ0v) is 26.1. The van der Waals surface area contributed by atoms with Crippen LogP contribution in [0.5, 0.6) is 0 Å². The summed E-state index contributed by atoms with van der Waals surface area (Å²) in [6.07, 6.45) is 6.78. The van der Waals surface area contributed by atoms with Gasteiger partial charge >= 0.3 is 0 Å². The minimum absolute atomic E-state index is 0.00878. The van der Waals surface area contributed by atoms with E-state index in [1.54, 1.807) is 4.90 Å². The highest BCUT2D eigenvalue weighted by molar-refractivity contribution is 7.99. The first-order valence-corrected chi connectivity index (χ1v) is 16.0. The van der Waals surface area contributed by atoms with Crippen molar-refractivity contribution >= 4 is 35.0 Å². The van der Waals surface area contributed by atoms with Gasteiger partial charge in [0.15, 0.2) is 5.16 Å². The first kappa shape index (κ1) is 30.8. The molecular formula is C34H41N5O3S. The average molecular weight is 600 g/mol. The summed E-state index contributed by atoms with van der Waals surface area (Å²) in [6.45, 7) is 9.38.